The topological polar surface area (TPSA) is 29.5 Å². The van der Waals surface area contributed by atoms with Gasteiger partial charge in [-0.1, -0.05) is 0 Å². The maximum atomic E-state index is 12.3. The zero-order valence-corrected chi connectivity index (χ0v) is 13.5. The summed E-state index contributed by atoms with van der Waals surface area (Å²) in [7, 11) is 3.44. The molecule has 0 aliphatic carbocycles. The van der Waals surface area contributed by atoms with Crippen molar-refractivity contribution in [2.45, 2.75) is 13.0 Å². The zero-order chi connectivity index (χ0) is 13.7. The molecule has 3 nitrogen and oxygen atoms in total. The molecule has 0 saturated carbocycles. The number of nitrogens with zero attached hydrogens (tertiary/aromatic N) is 1. The molecule has 0 bridgehead atoms. The van der Waals surface area contributed by atoms with Crippen LogP contribution in [0.5, 0.6) is 5.75 Å². The second-order valence-corrected chi connectivity index (χ2v) is 5.83. The largest absolute Gasteiger partial charge is 0.496 e. The summed E-state index contributed by atoms with van der Waals surface area (Å²) in [5.41, 5.74) is 0.665. The van der Waals surface area contributed by atoms with Crippen LogP contribution in [0.15, 0.2) is 22.7 Å². The third-order valence-corrected chi connectivity index (χ3v) is 4.22. The summed E-state index contributed by atoms with van der Waals surface area (Å²) in [5.74, 6) is 1.69. The minimum absolute atomic E-state index is 0.0277. The van der Waals surface area contributed by atoms with E-state index >= 15 is 0 Å². The number of amides is 1. The van der Waals surface area contributed by atoms with Crippen LogP contribution in [0.1, 0.15) is 17.3 Å². The van der Waals surface area contributed by atoms with Crippen LogP contribution in [-0.4, -0.2) is 43.0 Å². The first-order valence-electron chi connectivity index (χ1n) is 5.61. The number of thioether (sulfide) groups is 1. The summed E-state index contributed by atoms with van der Waals surface area (Å²) in [5, 5.41) is 0. The van der Waals surface area contributed by atoms with Crippen LogP contribution < -0.4 is 4.74 Å². The highest BCUT2D eigenvalue weighted by molar-refractivity contribution is 9.10. The van der Waals surface area contributed by atoms with Gasteiger partial charge in [-0.15, -0.1) is 0 Å². The zero-order valence-electron chi connectivity index (χ0n) is 11.1. The Kier molecular flexibility index (Phi) is 6.02. The summed E-state index contributed by atoms with van der Waals surface area (Å²) in [6.07, 6.45) is 2.04. The number of carbonyl (C=O) groups excluding carboxylic acids is 1. The second kappa shape index (κ2) is 7.04. The molecule has 0 saturated heterocycles. The number of carbonyl (C=O) groups is 1. The monoisotopic (exact) mass is 331 g/mol. The van der Waals surface area contributed by atoms with Gasteiger partial charge < -0.3 is 9.64 Å². The van der Waals surface area contributed by atoms with Crippen molar-refractivity contribution in [1.82, 2.24) is 4.90 Å². The van der Waals surface area contributed by atoms with Gasteiger partial charge in [-0.2, -0.15) is 11.8 Å². The first kappa shape index (κ1) is 15.4. The van der Waals surface area contributed by atoms with Gasteiger partial charge in [0.1, 0.15) is 5.75 Å². The fourth-order valence-corrected chi connectivity index (χ4v) is 2.80. The summed E-state index contributed by atoms with van der Waals surface area (Å²) in [6.45, 7) is 2.05. The summed E-state index contributed by atoms with van der Waals surface area (Å²) in [6, 6.07) is 5.59. The van der Waals surface area contributed by atoms with E-state index in [1.807, 2.05) is 20.2 Å². The fourth-order valence-electron chi connectivity index (χ4n) is 1.56. The van der Waals surface area contributed by atoms with Crippen LogP contribution in [-0.2, 0) is 0 Å². The van der Waals surface area contributed by atoms with Crippen LogP contribution >= 0.6 is 27.7 Å². The van der Waals surface area contributed by atoms with E-state index in [9.17, 15) is 4.79 Å². The van der Waals surface area contributed by atoms with E-state index in [-0.39, 0.29) is 11.9 Å². The molecule has 0 radical (unpaired) electrons. The van der Waals surface area contributed by atoms with Crippen molar-refractivity contribution in [2.24, 2.45) is 0 Å². The number of ether oxygens (including phenoxy) is 1. The van der Waals surface area contributed by atoms with Gasteiger partial charge in [0, 0.05) is 24.4 Å². The highest BCUT2D eigenvalue weighted by Gasteiger charge is 2.17. The highest BCUT2D eigenvalue weighted by atomic mass is 79.9. The molecule has 1 aromatic carbocycles. The summed E-state index contributed by atoms with van der Waals surface area (Å²) >= 11 is 5.13. The lowest BCUT2D eigenvalue weighted by atomic mass is 10.2. The molecule has 0 spiro atoms. The maximum absolute atomic E-state index is 12.3. The molecule has 0 N–H and O–H groups in total. The van der Waals surface area contributed by atoms with E-state index in [2.05, 4.69) is 15.9 Å². The van der Waals surface area contributed by atoms with Gasteiger partial charge >= 0.3 is 0 Å². The van der Waals surface area contributed by atoms with Crippen LogP contribution in [0, 0.1) is 0 Å². The number of methoxy groups -OCH3 is 1. The molecule has 0 aliphatic rings. The average Bonchev–Trinajstić information content (AvgIpc) is 2.37. The molecule has 1 atom stereocenters. The van der Waals surface area contributed by atoms with Crippen LogP contribution in [0.25, 0.3) is 0 Å². The molecule has 0 aromatic heterocycles. The molecular weight excluding hydrogens is 314 g/mol. The number of hydrogen-bond donors (Lipinski definition) is 0. The predicted molar refractivity (Wildman–Crippen MR) is 80.6 cm³/mol. The SMILES string of the molecule is COc1ccc(C(=O)N(C)C(C)CSC)cc1Br. The predicted octanol–water partition coefficient (Wildman–Crippen LogP) is 3.28. The van der Waals surface area contributed by atoms with Gasteiger partial charge in [0.25, 0.3) is 5.91 Å². The lowest BCUT2D eigenvalue weighted by Crippen LogP contribution is -2.36. The third kappa shape index (κ3) is 3.65. The summed E-state index contributed by atoms with van der Waals surface area (Å²) in [4.78, 5) is 14.0. The van der Waals surface area contributed by atoms with E-state index < -0.39 is 0 Å². The van der Waals surface area contributed by atoms with Gasteiger partial charge in [-0.05, 0) is 47.3 Å². The van der Waals surface area contributed by atoms with Crippen LogP contribution in [0.3, 0.4) is 0 Å². The molecule has 1 amide bonds. The van der Waals surface area contributed by atoms with Gasteiger partial charge in [0.15, 0.2) is 0 Å². The number of halogens is 1. The van der Waals surface area contributed by atoms with E-state index in [4.69, 9.17) is 4.74 Å². The van der Waals surface area contributed by atoms with Crippen LogP contribution in [0.2, 0.25) is 0 Å². The molecule has 0 fully saturated rings. The Balaban J connectivity index is 2.87. The smallest absolute Gasteiger partial charge is 0.253 e. The maximum Gasteiger partial charge on any atom is 0.253 e. The second-order valence-electron chi connectivity index (χ2n) is 4.07. The summed E-state index contributed by atoms with van der Waals surface area (Å²) < 4.78 is 5.94. The third-order valence-electron chi connectivity index (χ3n) is 2.79. The van der Waals surface area contributed by atoms with Crippen molar-refractivity contribution in [1.29, 1.82) is 0 Å². The van der Waals surface area contributed by atoms with Crippen molar-refractivity contribution >= 4 is 33.6 Å². The van der Waals surface area contributed by atoms with Crippen molar-refractivity contribution in [3.05, 3.63) is 28.2 Å². The Morgan fingerprint density at radius 3 is 2.72 bits per heavy atom. The quantitative estimate of drug-likeness (QED) is 0.829. The number of rotatable bonds is 5. The lowest BCUT2D eigenvalue weighted by Gasteiger charge is -2.24. The number of benzene rings is 1. The molecule has 1 rings (SSSR count). The number of hydrogen-bond acceptors (Lipinski definition) is 3. The molecule has 1 aromatic rings. The lowest BCUT2D eigenvalue weighted by molar-refractivity contribution is 0.0757. The van der Waals surface area contributed by atoms with Crippen LogP contribution in [0.4, 0.5) is 0 Å². The van der Waals surface area contributed by atoms with E-state index in [1.165, 1.54) is 0 Å². The van der Waals surface area contributed by atoms with E-state index in [0.717, 1.165) is 16.0 Å². The Morgan fingerprint density at radius 1 is 1.56 bits per heavy atom. The van der Waals surface area contributed by atoms with Gasteiger partial charge in [-0.3, -0.25) is 4.79 Å². The molecular formula is C13H18BrNO2S. The Hall–Kier alpha value is -0.680. The average molecular weight is 332 g/mol. The van der Waals surface area contributed by atoms with E-state index in [1.54, 1.807) is 42.0 Å². The Labute approximate surface area is 121 Å². The van der Waals surface area contributed by atoms with Gasteiger partial charge in [0.05, 0.1) is 11.6 Å². The van der Waals surface area contributed by atoms with Crippen molar-refractivity contribution < 1.29 is 9.53 Å². The minimum atomic E-state index is 0.0277. The van der Waals surface area contributed by atoms with Crippen molar-refractivity contribution in [2.75, 3.05) is 26.2 Å². The fraction of sp³-hybridized carbons (Fsp3) is 0.462. The standard InChI is InChI=1S/C13H18BrNO2S/c1-9(8-18-4)15(2)13(16)10-5-6-12(17-3)11(14)7-10/h5-7,9H,8H2,1-4H3. The molecule has 100 valence electrons. The molecule has 5 heteroatoms. The Morgan fingerprint density at radius 2 is 2.22 bits per heavy atom. The van der Waals surface area contributed by atoms with E-state index in [0.29, 0.717) is 5.56 Å². The molecule has 1 unspecified atom stereocenters. The normalized spacial score (nSPS) is 12.1. The van der Waals surface area contributed by atoms with Crippen molar-refractivity contribution in [3.8, 4) is 5.75 Å². The molecule has 0 heterocycles. The first-order chi connectivity index (χ1) is 8.51. The molecule has 18 heavy (non-hydrogen) atoms. The molecule has 0 aliphatic heterocycles. The highest BCUT2D eigenvalue weighted by Crippen LogP contribution is 2.26. The van der Waals surface area contributed by atoms with Gasteiger partial charge in [0.2, 0.25) is 0 Å². The Bertz CT molecular complexity index is 425. The first-order valence-corrected chi connectivity index (χ1v) is 7.79. The minimum Gasteiger partial charge on any atom is -0.496 e. The van der Waals surface area contributed by atoms with Crippen molar-refractivity contribution in [3.63, 3.8) is 0 Å². The van der Waals surface area contributed by atoms with Gasteiger partial charge in [-0.25, -0.2) is 0 Å².